The molecule has 0 radical (unpaired) electrons. The number of carbonyl (C=O) groups excluding carboxylic acids is 1. The number of anilines is 2. The molecule has 0 spiro atoms. The zero-order chi connectivity index (χ0) is 26.2. The summed E-state index contributed by atoms with van der Waals surface area (Å²) in [6.45, 7) is 3.90. The molecule has 6 aromatic rings. The number of nitrogens with zero attached hydrogens (tertiary/aromatic N) is 5. The lowest BCUT2D eigenvalue weighted by Crippen LogP contribution is -2.23. The molecule has 10 heteroatoms. The van der Waals surface area contributed by atoms with Gasteiger partial charge in [0.2, 0.25) is 11.9 Å². The van der Waals surface area contributed by atoms with Crippen LogP contribution in [0.15, 0.2) is 67.4 Å². The number of fused-ring (bicyclic) bond motifs is 2. The molecule has 1 atom stereocenters. The first-order valence-electron chi connectivity index (χ1n) is 12.5. The predicted octanol–water partition coefficient (Wildman–Crippen LogP) is 5.17. The number of H-pyrrole nitrogens is 2. The highest BCUT2D eigenvalue weighted by molar-refractivity contribution is 5.96. The van der Waals surface area contributed by atoms with Crippen molar-refractivity contribution in [3.05, 3.63) is 73.1 Å². The number of hydrogen-bond acceptors (Lipinski definition) is 6. The third kappa shape index (κ3) is 4.26. The van der Waals surface area contributed by atoms with E-state index in [2.05, 4.69) is 53.6 Å². The maximum Gasteiger partial charge on any atom is 0.248 e. The molecule has 4 N–H and O–H groups in total. The fraction of sp³-hybridized carbons (Fsp3) is 0.179. The zero-order valence-corrected chi connectivity index (χ0v) is 21.3. The van der Waals surface area contributed by atoms with Crippen LogP contribution in [0.5, 0.6) is 0 Å². The van der Waals surface area contributed by atoms with Gasteiger partial charge in [-0.15, -0.1) is 0 Å². The SMILES string of the molecule is CCc1cc(-c2c[nH]c3ncc(-c4cnn(C(C)C(=O)Nc5ccc6[nH]ccc6c5)c4)cc23)nc(NC)n1. The van der Waals surface area contributed by atoms with E-state index in [-0.39, 0.29) is 5.91 Å². The third-order valence-electron chi connectivity index (χ3n) is 6.70. The summed E-state index contributed by atoms with van der Waals surface area (Å²) >= 11 is 0. The number of nitrogens with one attached hydrogen (secondary N) is 4. The van der Waals surface area contributed by atoms with Crippen LogP contribution in [0.3, 0.4) is 0 Å². The fourth-order valence-corrected chi connectivity index (χ4v) is 4.50. The molecule has 0 bridgehead atoms. The molecule has 0 aliphatic heterocycles. The number of pyridine rings is 1. The Kier molecular flexibility index (Phi) is 5.83. The number of hydrogen-bond donors (Lipinski definition) is 4. The van der Waals surface area contributed by atoms with E-state index >= 15 is 0 Å². The lowest BCUT2D eigenvalue weighted by atomic mass is 10.1. The van der Waals surface area contributed by atoms with Crippen molar-refractivity contribution in [3.8, 4) is 22.4 Å². The number of aromatic amines is 2. The maximum absolute atomic E-state index is 13.0. The molecule has 10 nitrogen and oxygen atoms in total. The summed E-state index contributed by atoms with van der Waals surface area (Å²) in [5.74, 6) is 0.436. The van der Waals surface area contributed by atoms with Crippen LogP contribution in [-0.2, 0) is 11.2 Å². The predicted molar refractivity (Wildman–Crippen MR) is 149 cm³/mol. The van der Waals surface area contributed by atoms with E-state index in [4.69, 9.17) is 0 Å². The molecule has 5 heterocycles. The van der Waals surface area contributed by atoms with Crippen LogP contribution >= 0.6 is 0 Å². The summed E-state index contributed by atoms with van der Waals surface area (Å²) in [6.07, 6.45) is 10.0. The van der Waals surface area contributed by atoms with E-state index < -0.39 is 6.04 Å². The minimum absolute atomic E-state index is 0.146. The average Bonchev–Trinajstić information content (AvgIpc) is 3.71. The molecule has 190 valence electrons. The van der Waals surface area contributed by atoms with Gasteiger partial charge in [-0.3, -0.25) is 9.48 Å². The van der Waals surface area contributed by atoms with E-state index in [1.807, 2.05) is 62.9 Å². The second-order valence-electron chi connectivity index (χ2n) is 9.15. The second kappa shape index (κ2) is 9.47. The van der Waals surface area contributed by atoms with Gasteiger partial charge in [0.05, 0.1) is 11.9 Å². The van der Waals surface area contributed by atoms with Crippen LogP contribution in [-0.4, -0.2) is 47.7 Å². The summed E-state index contributed by atoms with van der Waals surface area (Å²) in [5, 5.41) is 12.5. The van der Waals surface area contributed by atoms with Crippen molar-refractivity contribution in [2.45, 2.75) is 26.3 Å². The Morgan fingerprint density at radius 2 is 1.97 bits per heavy atom. The van der Waals surface area contributed by atoms with E-state index in [0.717, 1.165) is 62.1 Å². The number of aromatic nitrogens is 7. The van der Waals surface area contributed by atoms with Gasteiger partial charge in [0, 0.05) is 76.2 Å². The molecule has 1 aromatic carbocycles. The highest BCUT2D eigenvalue weighted by Gasteiger charge is 2.18. The Labute approximate surface area is 218 Å². The van der Waals surface area contributed by atoms with Gasteiger partial charge in [0.1, 0.15) is 11.7 Å². The average molecular weight is 506 g/mol. The van der Waals surface area contributed by atoms with Gasteiger partial charge < -0.3 is 20.6 Å². The molecule has 0 saturated carbocycles. The van der Waals surface area contributed by atoms with E-state index in [1.54, 1.807) is 17.1 Å². The smallest absolute Gasteiger partial charge is 0.248 e. The molecule has 6 rings (SSSR count). The van der Waals surface area contributed by atoms with Crippen molar-refractivity contribution in [3.63, 3.8) is 0 Å². The van der Waals surface area contributed by atoms with Crippen molar-refractivity contribution < 1.29 is 4.79 Å². The van der Waals surface area contributed by atoms with Gasteiger partial charge in [-0.1, -0.05) is 6.92 Å². The Morgan fingerprint density at radius 3 is 2.82 bits per heavy atom. The molecular weight excluding hydrogens is 478 g/mol. The number of rotatable bonds is 7. The number of benzene rings is 1. The fourth-order valence-electron chi connectivity index (χ4n) is 4.50. The first-order chi connectivity index (χ1) is 18.5. The summed E-state index contributed by atoms with van der Waals surface area (Å²) in [7, 11) is 1.81. The maximum atomic E-state index is 13.0. The first kappa shape index (κ1) is 23.4. The Hall–Kier alpha value is -4.99. The van der Waals surface area contributed by atoms with E-state index in [1.165, 1.54) is 0 Å². The monoisotopic (exact) mass is 505 g/mol. The van der Waals surface area contributed by atoms with Gasteiger partial charge in [-0.05, 0) is 49.7 Å². The van der Waals surface area contributed by atoms with Gasteiger partial charge in [0.25, 0.3) is 0 Å². The summed E-state index contributed by atoms with van der Waals surface area (Å²) < 4.78 is 1.67. The Balaban J connectivity index is 1.27. The van der Waals surface area contributed by atoms with Crippen molar-refractivity contribution in [2.24, 2.45) is 0 Å². The number of aryl methyl sites for hydroxylation is 1. The lowest BCUT2D eigenvalue weighted by molar-refractivity contribution is -0.119. The van der Waals surface area contributed by atoms with Crippen LogP contribution in [0.2, 0.25) is 0 Å². The van der Waals surface area contributed by atoms with Crippen LogP contribution < -0.4 is 10.6 Å². The van der Waals surface area contributed by atoms with Gasteiger partial charge in [-0.2, -0.15) is 5.10 Å². The molecule has 0 aliphatic carbocycles. The second-order valence-corrected chi connectivity index (χ2v) is 9.15. The molecule has 5 aromatic heterocycles. The summed E-state index contributed by atoms with van der Waals surface area (Å²) in [5.41, 5.74) is 7.03. The highest BCUT2D eigenvalue weighted by Crippen LogP contribution is 2.31. The zero-order valence-electron chi connectivity index (χ0n) is 21.3. The van der Waals surface area contributed by atoms with Crippen LogP contribution in [0, 0.1) is 0 Å². The highest BCUT2D eigenvalue weighted by atomic mass is 16.2. The van der Waals surface area contributed by atoms with E-state index in [9.17, 15) is 4.79 Å². The first-order valence-corrected chi connectivity index (χ1v) is 12.5. The standard InChI is InChI=1S/C28H27N9O/c1-4-20-11-25(36-28(29-3)35-20)23-14-32-26-22(23)10-18(12-31-26)19-13-33-37(15-19)16(2)27(38)34-21-5-6-24-17(9-21)7-8-30-24/h5-16,30H,4H2,1-3H3,(H,31,32)(H,34,38)(H,29,35,36). The van der Waals surface area contributed by atoms with Crippen molar-refractivity contribution in [1.82, 2.24) is 34.7 Å². The molecule has 0 aliphatic rings. The van der Waals surface area contributed by atoms with Crippen molar-refractivity contribution >= 4 is 39.5 Å². The number of carbonyl (C=O) groups is 1. The molecule has 1 unspecified atom stereocenters. The summed E-state index contributed by atoms with van der Waals surface area (Å²) in [6, 6.07) is 11.3. The third-order valence-corrected chi connectivity index (χ3v) is 6.70. The van der Waals surface area contributed by atoms with Gasteiger partial charge in [0.15, 0.2) is 0 Å². The Morgan fingerprint density at radius 1 is 1.08 bits per heavy atom. The topological polar surface area (TPSA) is 129 Å². The number of amides is 1. The van der Waals surface area contributed by atoms with Crippen LogP contribution in [0.25, 0.3) is 44.3 Å². The Bertz CT molecular complexity index is 1760. The molecular formula is C28H27N9O. The minimum atomic E-state index is -0.501. The molecule has 1 amide bonds. The summed E-state index contributed by atoms with van der Waals surface area (Å²) in [4.78, 5) is 33.1. The van der Waals surface area contributed by atoms with Gasteiger partial charge >= 0.3 is 0 Å². The normalized spacial score (nSPS) is 12.2. The largest absolute Gasteiger partial charge is 0.361 e. The minimum Gasteiger partial charge on any atom is -0.361 e. The molecule has 38 heavy (non-hydrogen) atoms. The van der Waals surface area contributed by atoms with Gasteiger partial charge in [-0.25, -0.2) is 15.0 Å². The van der Waals surface area contributed by atoms with Crippen molar-refractivity contribution in [2.75, 3.05) is 17.7 Å². The van der Waals surface area contributed by atoms with E-state index in [0.29, 0.717) is 5.95 Å². The quantitative estimate of drug-likeness (QED) is 0.237. The molecule has 0 fully saturated rings. The van der Waals surface area contributed by atoms with Crippen LogP contribution in [0.4, 0.5) is 11.6 Å². The van der Waals surface area contributed by atoms with Crippen molar-refractivity contribution in [1.29, 1.82) is 0 Å². The lowest BCUT2D eigenvalue weighted by Gasteiger charge is -2.13. The van der Waals surface area contributed by atoms with Crippen LogP contribution in [0.1, 0.15) is 25.6 Å². The molecule has 0 saturated heterocycles.